The first-order valence-corrected chi connectivity index (χ1v) is 25.2. The first-order chi connectivity index (χ1) is 32.3. The Hall–Kier alpha value is -2.85. The third-order valence-corrected chi connectivity index (χ3v) is 15.2. The van der Waals surface area contributed by atoms with Crippen LogP contribution in [0, 0.1) is 24.7 Å². The topological polar surface area (TPSA) is 220 Å². The lowest BCUT2D eigenvalue weighted by Gasteiger charge is -2.49. The fourth-order valence-electron chi connectivity index (χ4n) is 10.7. The van der Waals surface area contributed by atoms with E-state index in [1.807, 2.05) is 81.8 Å². The van der Waals surface area contributed by atoms with Crippen molar-refractivity contribution in [2.24, 2.45) is 17.8 Å². The predicted molar refractivity (Wildman–Crippen MR) is 258 cm³/mol. The Morgan fingerprint density at radius 1 is 0.957 bits per heavy atom. The summed E-state index contributed by atoms with van der Waals surface area (Å²) < 4.78 is 46.0. The number of aryl methyl sites for hydroxylation is 2. The molecule has 0 spiro atoms. The van der Waals surface area contributed by atoms with Gasteiger partial charge in [-0.05, 0) is 107 Å². The van der Waals surface area contributed by atoms with E-state index in [-0.39, 0.29) is 31.3 Å². The fourth-order valence-corrected chi connectivity index (χ4v) is 10.7. The van der Waals surface area contributed by atoms with Crippen LogP contribution in [0.3, 0.4) is 0 Å². The highest BCUT2D eigenvalue weighted by molar-refractivity contribution is 5.73. The average Bonchev–Trinajstić information content (AvgIpc) is 3.76. The molecule has 5 rings (SSSR count). The molecule has 0 radical (unpaired) electrons. The van der Waals surface area contributed by atoms with Crippen molar-refractivity contribution in [1.29, 1.82) is 0 Å². The molecule has 3 aliphatic rings. The number of esters is 1. The van der Waals surface area contributed by atoms with Crippen LogP contribution in [0.25, 0.3) is 0 Å². The summed E-state index contributed by atoms with van der Waals surface area (Å²) in [5, 5.41) is 68.3. The van der Waals surface area contributed by atoms with Gasteiger partial charge in [0.25, 0.3) is 0 Å². The van der Waals surface area contributed by atoms with Crippen LogP contribution in [-0.2, 0) is 46.2 Å². The lowest BCUT2D eigenvalue weighted by molar-refractivity contribution is -0.318. The number of nitrogens with zero attached hydrogens (tertiary/aromatic N) is 5. The Bertz CT molecular complexity index is 1890. The van der Waals surface area contributed by atoms with Gasteiger partial charge >= 0.3 is 5.97 Å². The largest absolute Gasteiger partial charge is 0.494 e. The number of ether oxygens (including phenoxy) is 7. The van der Waals surface area contributed by atoms with Crippen LogP contribution in [0.5, 0.6) is 5.75 Å². The molecule has 2 aromatic rings. The van der Waals surface area contributed by atoms with Crippen LogP contribution in [0.1, 0.15) is 113 Å². The summed E-state index contributed by atoms with van der Waals surface area (Å²) in [4.78, 5) is 18.5. The van der Waals surface area contributed by atoms with Gasteiger partial charge in [-0.2, -0.15) is 0 Å². The number of benzene rings is 1. The summed E-state index contributed by atoms with van der Waals surface area (Å²) in [7, 11) is 5.30. The molecule has 394 valence electrons. The zero-order valence-corrected chi connectivity index (χ0v) is 43.9. The summed E-state index contributed by atoms with van der Waals surface area (Å²) in [6.07, 6.45) is -5.61. The highest BCUT2D eigenvalue weighted by Gasteiger charge is 2.53. The smallest absolute Gasteiger partial charge is 0.311 e. The van der Waals surface area contributed by atoms with Crippen LogP contribution in [0.15, 0.2) is 30.5 Å². The highest BCUT2D eigenvalue weighted by atomic mass is 16.7. The number of methoxy groups -OCH3 is 1. The van der Waals surface area contributed by atoms with Crippen molar-refractivity contribution < 1.29 is 63.5 Å². The zero-order chi connectivity index (χ0) is 51.2. The number of cyclic esters (lactones) is 1. The lowest BCUT2D eigenvalue weighted by atomic mass is 9.77. The molecule has 0 saturated carbocycles. The van der Waals surface area contributed by atoms with E-state index in [4.69, 9.17) is 33.2 Å². The van der Waals surface area contributed by atoms with E-state index in [2.05, 4.69) is 15.2 Å². The van der Waals surface area contributed by atoms with E-state index in [1.165, 1.54) is 19.6 Å². The molecule has 4 heterocycles. The van der Waals surface area contributed by atoms with Crippen molar-refractivity contribution in [3.8, 4) is 5.75 Å². The second-order valence-electron chi connectivity index (χ2n) is 21.4. The summed E-state index contributed by atoms with van der Waals surface area (Å²) >= 11 is 0. The number of aliphatic hydroxyl groups is 5. The van der Waals surface area contributed by atoms with Crippen LogP contribution in [0.4, 0.5) is 0 Å². The Kier molecular flexibility index (Phi) is 20.1. The number of likely N-dealkylation sites (N-methyl/N-ethyl adjacent to an activating group) is 2. The van der Waals surface area contributed by atoms with Gasteiger partial charge < -0.3 is 68.5 Å². The maximum absolute atomic E-state index is 14.5. The van der Waals surface area contributed by atoms with Gasteiger partial charge in [-0.25, -0.2) is 0 Å². The molecule has 3 saturated heterocycles. The van der Waals surface area contributed by atoms with Gasteiger partial charge in [-0.3, -0.25) is 9.48 Å². The molecule has 69 heavy (non-hydrogen) atoms. The van der Waals surface area contributed by atoms with E-state index in [9.17, 15) is 30.3 Å². The van der Waals surface area contributed by atoms with Gasteiger partial charge in [0, 0.05) is 70.2 Å². The number of carbonyl (C=O) groups excluding carboxylic acids is 1. The zero-order valence-electron chi connectivity index (χ0n) is 43.9. The van der Waals surface area contributed by atoms with Crippen molar-refractivity contribution in [3.05, 3.63) is 41.7 Å². The number of aliphatic hydroxyl groups excluding tert-OH is 3. The summed E-state index contributed by atoms with van der Waals surface area (Å²) in [5.41, 5.74) is -2.51. The number of carbonyl (C=O) groups is 1. The molecular formula is C51H87N5O13. The molecule has 0 amide bonds. The number of aromatic nitrogens is 3. The van der Waals surface area contributed by atoms with Crippen LogP contribution < -0.4 is 4.74 Å². The normalized spacial score (nSPS) is 40.2. The van der Waals surface area contributed by atoms with E-state index < -0.39 is 102 Å². The molecule has 18 nitrogen and oxygen atoms in total. The molecule has 0 aliphatic carbocycles. The van der Waals surface area contributed by atoms with Gasteiger partial charge in [-0.15, -0.1) is 5.10 Å². The van der Waals surface area contributed by atoms with Crippen molar-refractivity contribution >= 4 is 5.97 Å². The maximum Gasteiger partial charge on any atom is 0.311 e. The Morgan fingerprint density at radius 2 is 1.64 bits per heavy atom. The third-order valence-electron chi connectivity index (χ3n) is 15.2. The van der Waals surface area contributed by atoms with Crippen molar-refractivity contribution in [2.75, 3.05) is 40.9 Å². The van der Waals surface area contributed by atoms with Gasteiger partial charge in [0.05, 0.1) is 53.8 Å². The highest BCUT2D eigenvalue weighted by Crippen LogP contribution is 2.40. The minimum atomic E-state index is -1.83. The maximum atomic E-state index is 14.5. The monoisotopic (exact) mass is 978 g/mol. The molecule has 1 aromatic heterocycles. The Labute approximate surface area is 410 Å². The number of hydrogen-bond donors (Lipinski definition) is 5. The summed E-state index contributed by atoms with van der Waals surface area (Å²) in [6, 6.07) is 7.01. The molecule has 5 N–H and O–H groups in total. The number of rotatable bonds is 15. The second kappa shape index (κ2) is 24.2. The first kappa shape index (κ1) is 57.1. The van der Waals surface area contributed by atoms with Crippen LogP contribution >= 0.6 is 0 Å². The summed E-state index contributed by atoms with van der Waals surface area (Å²) in [5.74, 6) is -1.91. The standard InChI is InChI=1S/C51H87N5O13/c1-15-40-51(11,62)44(58)35(7)55(13)28-31(3)26-49(9,61)46(33(5)43(34(6)47(60)67-40)68-41-27-50(10,63-14)45(59)36(8)66-41)69-48-42(57)39(25-32(4)65-48)54(12)23-21-37-29-56(53-52-37)22-16-24-64-38-19-17-30(2)18-20-38/h17-20,29,31-36,39-46,48,57-59,61-62H,15-16,21-28H2,1-14H3/t31-,32-,33+,34-,35-,36+,39+,40-,41+,42-,43+,44-,45+,46-,48+,49-,50-,51-/m1/s1. The lowest BCUT2D eigenvalue weighted by Crippen LogP contribution is -2.61. The predicted octanol–water partition coefficient (Wildman–Crippen LogP) is 3.88. The van der Waals surface area contributed by atoms with Crippen molar-refractivity contribution in [2.45, 2.75) is 212 Å². The van der Waals surface area contributed by atoms with E-state index in [0.717, 1.165) is 17.9 Å². The SMILES string of the molecule is CC[C@H]1OC(=O)[C@H](C)[C@@H](O[C@H]2C[C@@](C)(OC)[C@@H](O)[C@H](C)O2)[C@H](C)[C@@H](O[C@@H]2O[C@H](C)C[C@H](N(C)CCc3cn(CCCOc4ccc(C)cc4)nn3)[C@H]2O)[C@](C)(O)C[C@@H](C)CN(C)[C@H](C)[C@@H](O)[C@]1(C)O. The first-order valence-electron chi connectivity index (χ1n) is 25.2. The van der Waals surface area contributed by atoms with Gasteiger partial charge in [0.2, 0.25) is 0 Å². The van der Waals surface area contributed by atoms with E-state index in [1.54, 1.807) is 41.5 Å². The van der Waals surface area contributed by atoms with Gasteiger partial charge in [-0.1, -0.05) is 43.7 Å². The molecule has 1 aromatic carbocycles. The molecule has 3 aliphatic heterocycles. The molecule has 18 atom stereocenters. The third kappa shape index (κ3) is 14.2. The minimum Gasteiger partial charge on any atom is -0.494 e. The molecular weight excluding hydrogens is 891 g/mol. The van der Waals surface area contributed by atoms with Gasteiger partial charge in [0.1, 0.15) is 35.8 Å². The molecule has 0 bridgehead atoms. The summed E-state index contributed by atoms with van der Waals surface area (Å²) in [6.45, 7) is 21.9. The second-order valence-corrected chi connectivity index (χ2v) is 21.4. The van der Waals surface area contributed by atoms with Gasteiger partial charge in [0.15, 0.2) is 12.6 Å². The van der Waals surface area contributed by atoms with Crippen molar-refractivity contribution in [3.63, 3.8) is 0 Å². The van der Waals surface area contributed by atoms with E-state index in [0.29, 0.717) is 39.1 Å². The number of hydrogen-bond acceptors (Lipinski definition) is 17. The van der Waals surface area contributed by atoms with Crippen molar-refractivity contribution in [1.82, 2.24) is 24.8 Å². The Balaban J connectivity index is 1.40. The minimum absolute atomic E-state index is 0.109. The Morgan fingerprint density at radius 3 is 2.29 bits per heavy atom. The van der Waals surface area contributed by atoms with E-state index >= 15 is 0 Å². The quantitative estimate of drug-likeness (QED) is 0.126. The molecule has 18 heteroatoms. The molecule has 0 unspecified atom stereocenters. The van der Waals surface area contributed by atoms with Crippen LogP contribution in [-0.4, -0.2) is 187 Å². The fraction of sp³-hybridized carbons (Fsp3) is 0.824. The van der Waals surface area contributed by atoms with Crippen LogP contribution in [0.2, 0.25) is 0 Å². The molecule has 3 fully saturated rings. The average molecular weight is 978 g/mol.